The molecule has 250 valence electrons. The van der Waals surface area contributed by atoms with E-state index in [0.29, 0.717) is 25.2 Å². The number of ether oxygens (including phenoxy) is 1. The summed E-state index contributed by atoms with van der Waals surface area (Å²) in [5.41, 5.74) is -1.18. The third-order valence-electron chi connectivity index (χ3n) is 12.8. The van der Waals surface area contributed by atoms with Crippen LogP contribution in [0.5, 0.6) is 0 Å². The predicted molar refractivity (Wildman–Crippen MR) is 155 cm³/mol. The monoisotopic (exact) mass is 654 g/mol. The molecule has 5 N–H and O–H groups in total. The standard InChI is InChI=1S/C29H51O12PS/c1-13(2)15(4)18-12-14(3)20-26(39-18)27(40-42(33,34)38-7)21-19-16(8-10-29(20,21)6)28(5)11-9-17(41-43(35,36)37)23(30)22(28)25(32)24(19)31/h13-27,30-32H,8-12H2,1-7H3,(H,33,34)(H,35,36,37)/t14-,15+,16+,17-,18-,19-,20+,21-,22-,23+,24-,25+,26+,27+,28-,29-/m1/s1. The van der Waals surface area contributed by atoms with Crippen molar-refractivity contribution in [1.29, 1.82) is 0 Å². The Morgan fingerprint density at radius 3 is 2.16 bits per heavy atom. The molecule has 0 aromatic carbocycles. The van der Waals surface area contributed by atoms with Crippen LogP contribution in [-0.2, 0) is 32.9 Å². The van der Waals surface area contributed by atoms with Crippen molar-refractivity contribution in [2.75, 3.05) is 7.11 Å². The lowest BCUT2D eigenvalue weighted by Crippen LogP contribution is -2.68. The Labute approximate surface area is 255 Å². The lowest BCUT2D eigenvalue weighted by molar-refractivity contribution is -0.253. The van der Waals surface area contributed by atoms with Crippen molar-refractivity contribution in [3.05, 3.63) is 0 Å². The molecular weight excluding hydrogens is 603 g/mol. The second-order valence-electron chi connectivity index (χ2n) is 15.1. The van der Waals surface area contributed by atoms with Gasteiger partial charge in [0.1, 0.15) is 6.10 Å². The van der Waals surface area contributed by atoms with E-state index in [2.05, 4.69) is 34.6 Å². The summed E-state index contributed by atoms with van der Waals surface area (Å²) in [6.45, 7) is 12.7. The maximum absolute atomic E-state index is 13.0. The molecule has 1 aliphatic heterocycles. The zero-order valence-electron chi connectivity index (χ0n) is 26.1. The second-order valence-corrected chi connectivity index (χ2v) is 17.6. The molecule has 12 nitrogen and oxygen atoms in total. The molecule has 0 amide bonds. The number of phosphoric acid groups is 1. The van der Waals surface area contributed by atoms with Crippen LogP contribution in [0, 0.1) is 58.2 Å². The van der Waals surface area contributed by atoms with Crippen LogP contribution < -0.4 is 0 Å². The average Bonchev–Trinajstić information content (AvgIpc) is 3.15. The first-order chi connectivity index (χ1) is 19.8. The highest BCUT2D eigenvalue weighted by Crippen LogP contribution is 2.71. The molecule has 1 unspecified atom stereocenters. The lowest BCUT2D eigenvalue weighted by Gasteiger charge is -2.64. The molecule has 43 heavy (non-hydrogen) atoms. The van der Waals surface area contributed by atoms with Gasteiger partial charge in [0.2, 0.25) is 0 Å². The van der Waals surface area contributed by atoms with Gasteiger partial charge in [0, 0.05) is 13.0 Å². The zero-order chi connectivity index (χ0) is 32.0. The molecule has 5 aliphatic rings. The summed E-state index contributed by atoms with van der Waals surface area (Å²) < 4.78 is 67.7. The average molecular weight is 655 g/mol. The van der Waals surface area contributed by atoms with Gasteiger partial charge in [0.25, 0.3) is 0 Å². The van der Waals surface area contributed by atoms with Gasteiger partial charge in [-0.05, 0) is 84.4 Å². The molecule has 1 heterocycles. The Balaban J connectivity index is 1.56. The number of rotatable bonds is 7. The Kier molecular flexibility index (Phi) is 9.14. The van der Waals surface area contributed by atoms with Gasteiger partial charge in [-0.3, -0.25) is 13.6 Å². The van der Waals surface area contributed by atoms with Gasteiger partial charge in [-0.25, -0.2) is 8.75 Å². The molecular formula is C29H51O12PS. The number of phosphoric ester groups is 1. The van der Waals surface area contributed by atoms with Crippen molar-refractivity contribution in [3.8, 4) is 0 Å². The third kappa shape index (κ3) is 5.60. The first-order valence-corrected chi connectivity index (χ1v) is 18.6. The maximum atomic E-state index is 13.0. The van der Waals surface area contributed by atoms with Crippen molar-refractivity contribution < 1.29 is 55.7 Å². The molecule has 17 atom stereocenters. The molecule has 0 aromatic heterocycles. The highest BCUT2D eigenvalue weighted by atomic mass is 32.3. The lowest BCUT2D eigenvalue weighted by atomic mass is 9.42. The molecule has 5 rings (SSSR count). The summed E-state index contributed by atoms with van der Waals surface area (Å²) in [6, 6.07) is 0. The molecule has 0 radical (unpaired) electrons. The van der Waals surface area contributed by atoms with Crippen molar-refractivity contribution in [2.45, 2.75) is 116 Å². The van der Waals surface area contributed by atoms with Gasteiger partial charge in [-0.2, -0.15) is 8.42 Å². The molecule has 5 fully saturated rings. The van der Waals surface area contributed by atoms with Gasteiger partial charge >= 0.3 is 18.2 Å². The van der Waals surface area contributed by atoms with Crippen LogP contribution >= 0.6 is 7.82 Å². The predicted octanol–water partition coefficient (Wildman–Crippen LogP) is 3.18. The normalized spacial score (nSPS) is 52.0. The number of hydrogen-bond acceptors (Lipinski definition) is 10. The van der Waals surface area contributed by atoms with E-state index in [-0.39, 0.29) is 36.2 Å². The first-order valence-electron chi connectivity index (χ1n) is 15.7. The van der Waals surface area contributed by atoms with E-state index in [0.717, 1.165) is 13.5 Å². The van der Waals surface area contributed by atoms with Crippen LogP contribution in [0.15, 0.2) is 0 Å². The zero-order valence-corrected chi connectivity index (χ0v) is 27.9. The van der Waals surface area contributed by atoms with E-state index in [4.69, 9.17) is 18.0 Å². The number of aliphatic hydroxyl groups is 3. The first kappa shape index (κ1) is 34.2. The smallest absolute Gasteiger partial charge is 0.390 e. The molecule has 14 heteroatoms. The Morgan fingerprint density at radius 1 is 0.953 bits per heavy atom. The SMILES string of the molecule is COP(=O)(O)O[C@@H]1[C@H]2O[C@@H]([C@@H](C)C(C)C)C[C@@H](C)[C@@H]2[C@@]2(C)CC[C@H]3[C@@H]([C@@H](O)[C@@H](O)[C@H]4[C@@H](O)[C@H](OS(=O)(=O)O)CC[C@@]43C)[C@H]12. The largest absolute Gasteiger partial charge is 0.472 e. The summed E-state index contributed by atoms with van der Waals surface area (Å²) in [5, 5.41) is 34.8. The van der Waals surface area contributed by atoms with Crippen molar-refractivity contribution >= 4 is 18.2 Å². The highest BCUT2D eigenvalue weighted by Gasteiger charge is 2.72. The van der Waals surface area contributed by atoms with Crippen LogP contribution in [0.1, 0.15) is 73.6 Å². The topological polar surface area (TPSA) is 189 Å². The highest BCUT2D eigenvalue weighted by molar-refractivity contribution is 7.80. The van der Waals surface area contributed by atoms with Crippen LogP contribution in [0.25, 0.3) is 0 Å². The van der Waals surface area contributed by atoms with E-state index in [1.54, 1.807) is 0 Å². The van der Waals surface area contributed by atoms with Gasteiger partial charge in [-0.15, -0.1) is 0 Å². The molecule has 4 saturated carbocycles. The van der Waals surface area contributed by atoms with Crippen LogP contribution in [0.2, 0.25) is 0 Å². The van der Waals surface area contributed by atoms with Crippen LogP contribution in [0.3, 0.4) is 0 Å². The number of aliphatic hydroxyl groups excluding tert-OH is 3. The summed E-state index contributed by atoms with van der Waals surface area (Å²) in [4.78, 5) is 10.6. The maximum Gasteiger partial charge on any atom is 0.472 e. The van der Waals surface area contributed by atoms with E-state index in [1.807, 2.05) is 6.92 Å². The third-order valence-corrected chi connectivity index (χ3v) is 14.2. The van der Waals surface area contributed by atoms with Gasteiger partial charge in [0.15, 0.2) is 0 Å². The second kappa shape index (κ2) is 11.5. The fourth-order valence-electron chi connectivity index (χ4n) is 10.6. The summed E-state index contributed by atoms with van der Waals surface area (Å²) >= 11 is 0. The fourth-order valence-corrected chi connectivity index (χ4v) is 11.8. The van der Waals surface area contributed by atoms with Crippen LogP contribution in [0.4, 0.5) is 0 Å². The summed E-state index contributed by atoms with van der Waals surface area (Å²) in [7, 11) is -8.22. The van der Waals surface area contributed by atoms with Crippen molar-refractivity contribution in [3.63, 3.8) is 0 Å². The summed E-state index contributed by atoms with van der Waals surface area (Å²) in [6.07, 6.45) is -4.31. The van der Waals surface area contributed by atoms with Gasteiger partial charge in [-0.1, -0.05) is 41.5 Å². The van der Waals surface area contributed by atoms with E-state index in [9.17, 15) is 37.7 Å². The summed E-state index contributed by atoms with van der Waals surface area (Å²) in [5.74, 6) is -1.43. The molecule has 0 bridgehead atoms. The minimum absolute atomic E-state index is 0.0321. The number of fused-ring (bicyclic) bond motifs is 7. The Bertz CT molecular complexity index is 1200. The molecule has 4 aliphatic carbocycles. The Morgan fingerprint density at radius 2 is 1.58 bits per heavy atom. The minimum Gasteiger partial charge on any atom is -0.390 e. The van der Waals surface area contributed by atoms with Gasteiger partial charge in [0.05, 0.1) is 36.6 Å². The quantitative estimate of drug-likeness (QED) is 0.200. The Hall–Kier alpha value is -0.180. The minimum atomic E-state index is -4.85. The van der Waals surface area contributed by atoms with Gasteiger partial charge < -0.3 is 24.9 Å². The molecule has 0 aromatic rings. The van der Waals surface area contributed by atoms with Crippen molar-refractivity contribution in [1.82, 2.24) is 0 Å². The molecule has 1 saturated heterocycles. The number of hydrogen-bond donors (Lipinski definition) is 5. The van der Waals surface area contributed by atoms with Crippen molar-refractivity contribution in [2.24, 2.45) is 58.2 Å². The van der Waals surface area contributed by atoms with Crippen LogP contribution in [-0.4, -0.2) is 83.0 Å². The van der Waals surface area contributed by atoms with E-state index in [1.165, 1.54) is 0 Å². The van der Waals surface area contributed by atoms with E-state index < -0.39 is 83.4 Å². The fraction of sp³-hybridized carbons (Fsp3) is 1.00. The van der Waals surface area contributed by atoms with E-state index >= 15 is 0 Å². The molecule has 0 spiro atoms.